The van der Waals surface area contributed by atoms with Gasteiger partial charge in [-0.3, -0.25) is 14.5 Å². The van der Waals surface area contributed by atoms with Crippen LogP contribution in [0, 0.1) is 17.2 Å². The standard InChI is InChI=1S/C27H29FN6O3/c1-16-25(35)33(26(36)27(16,2)3)12-17-8-22-23(30-15-31-34(22)13-17)21-10-19(28)9-18-4-6-32(24(18)21)14-20-11-29-5-7-37-20/h4,6,8-10,13,15-16,20,29H,5,7,11-12,14H2,1-3H3. The largest absolute Gasteiger partial charge is 0.374 e. The summed E-state index contributed by atoms with van der Waals surface area (Å²) in [6, 6.07) is 6.77. The van der Waals surface area contributed by atoms with Crippen LogP contribution in [0.5, 0.6) is 0 Å². The first-order valence-corrected chi connectivity index (χ1v) is 12.5. The molecule has 0 saturated carbocycles. The lowest BCUT2D eigenvalue weighted by atomic mass is 9.82. The summed E-state index contributed by atoms with van der Waals surface area (Å²) in [6.45, 7) is 8.40. The van der Waals surface area contributed by atoms with E-state index in [1.54, 1.807) is 31.5 Å². The summed E-state index contributed by atoms with van der Waals surface area (Å²) in [5.74, 6) is -1.11. The van der Waals surface area contributed by atoms with E-state index in [0.29, 0.717) is 29.9 Å². The summed E-state index contributed by atoms with van der Waals surface area (Å²) in [5.41, 5.74) is 2.75. The van der Waals surface area contributed by atoms with Gasteiger partial charge in [-0.25, -0.2) is 13.9 Å². The number of amides is 2. The highest BCUT2D eigenvalue weighted by molar-refractivity contribution is 6.06. The molecule has 0 radical (unpaired) electrons. The topological polar surface area (TPSA) is 93.8 Å². The normalized spacial score (nSPS) is 22.0. The monoisotopic (exact) mass is 504 g/mol. The molecule has 37 heavy (non-hydrogen) atoms. The number of likely N-dealkylation sites (tertiary alicyclic amines) is 1. The molecule has 5 heterocycles. The summed E-state index contributed by atoms with van der Waals surface area (Å²) in [6.07, 6.45) is 5.17. The van der Waals surface area contributed by atoms with Crippen molar-refractivity contribution < 1.29 is 18.7 Å². The minimum absolute atomic E-state index is 0.00903. The zero-order chi connectivity index (χ0) is 25.9. The number of nitrogens with zero attached hydrogens (tertiary/aromatic N) is 5. The average Bonchev–Trinajstić information content (AvgIpc) is 3.52. The highest BCUT2D eigenvalue weighted by Crippen LogP contribution is 2.38. The maximum Gasteiger partial charge on any atom is 0.235 e. The van der Waals surface area contributed by atoms with Crippen LogP contribution in [-0.2, 0) is 27.4 Å². The van der Waals surface area contributed by atoms with Crippen molar-refractivity contribution in [3.8, 4) is 11.3 Å². The Morgan fingerprint density at radius 2 is 2.08 bits per heavy atom. The number of rotatable bonds is 5. The molecule has 6 rings (SSSR count). The average molecular weight is 505 g/mol. The Hall–Kier alpha value is -3.63. The Labute approximate surface area is 213 Å². The van der Waals surface area contributed by atoms with E-state index in [2.05, 4.69) is 20.0 Å². The number of morpholine rings is 1. The van der Waals surface area contributed by atoms with E-state index in [1.165, 1.54) is 23.4 Å². The first kappa shape index (κ1) is 23.7. The molecule has 2 amide bonds. The van der Waals surface area contributed by atoms with Crippen LogP contribution < -0.4 is 5.32 Å². The number of carbonyl (C=O) groups is 2. The summed E-state index contributed by atoms with van der Waals surface area (Å²) >= 11 is 0. The minimum Gasteiger partial charge on any atom is -0.374 e. The Morgan fingerprint density at radius 1 is 1.24 bits per heavy atom. The number of hydrogen-bond donors (Lipinski definition) is 1. The van der Waals surface area contributed by atoms with Gasteiger partial charge in [0.2, 0.25) is 11.8 Å². The van der Waals surface area contributed by atoms with E-state index >= 15 is 0 Å². The van der Waals surface area contributed by atoms with Gasteiger partial charge in [0, 0.05) is 42.4 Å². The van der Waals surface area contributed by atoms with Crippen molar-refractivity contribution in [1.82, 2.24) is 29.4 Å². The van der Waals surface area contributed by atoms with Crippen LogP contribution in [0.2, 0.25) is 0 Å². The number of fused-ring (bicyclic) bond motifs is 2. The third-order valence-electron chi connectivity index (χ3n) is 7.80. The Kier molecular flexibility index (Phi) is 5.61. The van der Waals surface area contributed by atoms with E-state index < -0.39 is 5.41 Å². The SMILES string of the molecule is CC1C(=O)N(Cc2cc3c(-c4cc(F)cc5ccn(CC6CNCCO6)c45)ncnn3c2)C(=O)C1(C)C. The Balaban J connectivity index is 1.41. The zero-order valence-corrected chi connectivity index (χ0v) is 21.1. The number of nitrogens with one attached hydrogen (secondary N) is 1. The van der Waals surface area contributed by atoms with Gasteiger partial charge in [-0.15, -0.1) is 0 Å². The molecule has 1 N–H and O–H groups in total. The molecular formula is C27H29FN6O3. The van der Waals surface area contributed by atoms with Gasteiger partial charge in [-0.05, 0) is 29.8 Å². The molecule has 1 aromatic carbocycles. The molecule has 0 bridgehead atoms. The van der Waals surface area contributed by atoms with Gasteiger partial charge < -0.3 is 14.6 Å². The second kappa shape index (κ2) is 8.74. The lowest BCUT2D eigenvalue weighted by Gasteiger charge is -2.24. The summed E-state index contributed by atoms with van der Waals surface area (Å²) in [7, 11) is 0. The van der Waals surface area contributed by atoms with Gasteiger partial charge in [-0.2, -0.15) is 5.10 Å². The first-order valence-electron chi connectivity index (χ1n) is 12.5. The molecule has 9 nitrogen and oxygen atoms in total. The number of ether oxygens (including phenoxy) is 1. The van der Waals surface area contributed by atoms with Crippen LogP contribution in [0.25, 0.3) is 27.7 Å². The number of carbonyl (C=O) groups excluding carboxylic acids is 2. The Bertz CT molecular complexity index is 1530. The fourth-order valence-electron chi connectivity index (χ4n) is 5.39. The maximum atomic E-state index is 14.7. The molecule has 3 aromatic heterocycles. The predicted molar refractivity (Wildman–Crippen MR) is 135 cm³/mol. The van der Waals surface area contributed by atoms with E-state index in [1.807, 2.05) is 18.3 Å². The molecule has 2 atom stereocenters. The maximum absolute atomic E-state index is 14.7. The zero-order valence-electron chi connectivity index (χ0n) is 21.1. The van der Waals surface area contributed by atoms with Crippen LogP contribution in [0.3, 0.4) is 0 Å². The summed E-state index contributed by atoms with van der Waals surface area (Å²) < 4.78 is 24.4. The molecule has 2 aliphatic rings. The lowest BCUT2D eigenvalue weighted by Crippen LogP contribution is -2.40. The number of halogens is 1. The van der Waals surface area contributed by atoms with Crippen molar-refractivity contribution in [3.05, 3.63) is 54.4 Å². The molecule has 192 valence electrons. The van der Waals surface area contributed by atoms with Crippen molar-refractivity contribution in [2.24, 2.45) is 11.3 Å². The second-order valence-electron chi connectivity index (χ2n) is 10.5. The van der Waals surface area contributed by atoms with Gasteiger partial charge in [-0.1, -0.05) is 20.8 Å². The van der Waals surface area contributed by atoms with E-state index in [9.17, 15) is 14.0 Å². The van der Waals surface area contributed by atoms with E-state index in [-0.39, 0.29) is 36.2 Å². The van der Waals surface area contributed by atoms with Crippen molar-refractivity contribution in [3.63, 3.8) is 0 Å². The molecule has 2 saturated heterocycles. The molecule has 4 aromatic rings. The van der Waals surface area contributed by atoms with Crippen LogP contribution in [0.4, 0.5) is 4.39 Å². The molecule has 2 fully saturated rings. The fourth-order valence-corrected chi connectivity index (χ4v) is 5.39. The van der Waals surface area contributed by atoms with E-state index in [0.717, 1.165) is 29.6 Å². The van der Waals surface area contributed by atoms with Crippen molar-refractivity contribution >= 4 is 28.2 Å². The van der Waals surface area contributed by atoms with Gasteiger partial charge in [0.1, 0.15) is 17.8 Å². The molecule has 2 unspecified atom stereocenters. The highest BCUT2D eigenvalue weighted by Gasteiger charge is 2.50. The minimum atomic E-state index is -0.739. The predicted octanol–water partition coefficient (Wildman–Crippen LogP) is 3.01. The first-order chi connectivity index (χ1) is 17.7. The quantitative estimate of drug-likeness (QED) is 0.420. The number of benzene rings is 1. The van der Waals surface area contributed by atoms with Crippen LogP contribution in [0.15, 0.2) is 43.0 Å². The van der Waals surface area contributed by atoms with Crippen LogP contribution >= 0.6 is 0 Å². The van der Waals surface area contributed by atoms with Gasteiger partial charge in [0.05, 0.1) is 42.2 Å². The van der Waals surface area contributed by atoms with Gasteiger partial charge >= 0.3 is 0 Å². The smallest absolute Gasteiger partial charge is 0.235 e. The van der Waals surface area contributed by atoms with Crippen LogP contribution in [-0.4, -0.2) is 61.7 Å². The third-order valence-corrected chi connectivity index (χ3v) is 7.80. The number of aromatic nitrogens is 4. The Morgan fingerprint density at radius 3 is 2.81 bits per heavy atom. The fraction of sp³-hybridized carbons (Fsp3) is 0.407. The lowest BCUT2D eigenvalue weighted by molar-refractivity contribution is -0.141. The van der Waals surface area contributed by atoms with Gasteiger partial charge in [0.15, 0.2) is 0 Å². The van der Waals surface area contributed by atoms with Crippen molar-refractivity contribution in [1.29, 1.82) is 0 Å². The van der Waals surface area contributed by atoms with E-state index in [4.69, 9.17) is 4.74 Å². The summed E-state index contributed by atoms with van der Waals surface area (Å²) in [4.78, 5) is 31.6. The van der Waals surface area contributed by atoms with Crippen molar-refractivity contribution in [2.45, 2.75) is 40.0 Å². The second-order valence-corrected chi connectivity index (χ2v) is 10.5. The van der Waals surface area contributed by atoms with Crippen molar-refractivity contribution in [2.75, 3.05) is 19.7 Å². The number of imide groups is 1. The third kappa shape index (κ3) is 3.91. The molecule has 0 aliphatic carbocycles. The highest BCUT2D eigenvalue weighted by atomic mass is 19.1. The number of hydrogen-bond acceptors (Lipinski definition) is 6. The van der Waals surface area contributed by atoms with Crippen LogP contribution in [0.1, 0.15) is 26.3 Å². The summed E-state index contributed by atoms with van der Waals surface area (Å²) in [5, 5.41) is 8.46. The molecular weight excluding hydrogens is 475 g/mol. The van der Waals surface area contributed by atoms with Gasteiger partial charge in [0.25, 0.3) is 0 Å². The molecule has 2 aliphatic heterocycles. The molecule has 10 heteroatoms. The molecule has 0 spiro atoms.